The minimum Gasteiger partial charge on any atom is -0.380 e. The van der Waals surface area contributed by atoms with Crippen LogP contribution in [0.2, 0.25) is 0 Å². The quantitative estimate of drug-likeness (QED) is 0.659. The monoisotopic (exact) mass is 211 g/mol. The SMILES string of the molecule is CCCOCCNC(C)Cn1ccnc1. The fourth-order valence-electron chi connectivity index (χ4n) is 1.40. The molecular formula is C11H21N3O. The highest BCUT2D eigenvalue weighted by Gasteiger charge is 2.00. The van der Waals surface area contributed by atoms with Crippen LogP contribution in [0.3, 0.4) is 0 Å². The summed E-state index contributed by atoms with van der Waals surface area (Å²) in [6, 6.07) is 0.449. The van der Waals surface area contributed by atoms with Crippen molar-refractivity contribution in [2.24, 2.45) is 0 Å². The van der Waals surface area contributed by atoms with E-state index < -0.39 is 0 Å². The van der Waals surface area contributed by atoms with Gasteiger partial charge in [-0.3, -0.25) is 0 Å². The minimum atomic E-state index is 0.449. The van der Waals surface area contributed by atoms with Crippen LogP contribution in [0.1, 0.15) is 20.3 Å². The highest BCUT2D eigenvalue weighted by Crippen LogP contribution is 1.91. The van der Waals surface area contributed by atoms with Crippen LogP contribution < -0.4 is 5.32 Å². The van der Waals surface area contributed by atoms with E-state index in [4.69, 9.17) is 4.74 Å². The molecule has 0 aliphatic carbocycles. The standard InChI is InChI=1S/C11H21N3O/c1-3-7-15-8-5-13-11(2)9-14-6-4-12-10-14/h4,6,10-11,13H,3,5,7-9H2,1-2H3. The molecule has 0 bridgehead atoms. The molecule has 1 rings (SSSR count). The third-order valence-corrected chi connectivity index (χ3v) is 2.13. The Morgan fingerprint density at radius 2 is 2.33 bits per heavy atom. The number of aromatic nitrogens is 2. The Morgan fingerprint density at radius 3 is 3.00 bits per heavy atom. The van der Waals surface area contributed by atoms with Crippen molar-refractivity contribution in [1.29, 1.82) is 0 Å². The normalized spacial score (nSPS) is 12.9. The zero-order valence-electron chi connectivity index (χ0n) is 9.65. The first kappa shape index (κ1) is 12.2. The molecule has 0 aliphatic rings. The molecule has 0 saturated heterocycles. The molecule has 1 atom stereocenters. The summed E-state index contributed by atoms with van der Waals surface area (Å²) in [5, 5.41) is 3.41. The van der Waals surface area contributed by atoms with Gasteiger partial charge in [-0.1, -0.05) is 6.92 Å². The van der Waals surface area contributed by atoms with Crippen LogP contribution in [0.25, 0.3) is 0 Å². The first-order valence-corrected chi connectivity index (χ1v) is 5.59. The lowest BCUT2D eigenvalue weighted by atomic mass is 10.3. The Labute approximate surface area is 91.7 Å². The maximum absolute atomic E-state index is 5.39. The van der Waals surface area contributed by atoms with E-state index in [0.29, 0.717) is 6.04 Å². The molecule has 0 aromatic carbocycles. The molecule has 0 radical (unpaired) electrons. The lowest BCUT2D eigenvalue weighted by molar-refractivity contribution is 0.134. The summed E-state index contributed by atoms with van der Waals surface area (Å²) in [6.45, 7) is 7.80. The molecule has 1 N–H and O–H groups in total. The van der Waals surface area contributed by atoms with E-state index in [9.17, 15) is 0 Å². The van der Waals surface area contributed by atoms with Crippen LogP contribution >= 0.6 is 0 Å². The Bertz CT molecular complexity index is 236. The van der Waals surface area contributed by atoms with E-state index in [1.165, 1.54) is 0 Å². The molecule has 1 heterocycles. The number of hydrogen-bond donors (Lipinski definition) is 1. The van der Waals surface area contributed by atoms with E-state index in [1.54, 1.807) is 6.20 Å². The van der Waals surface area contributed by atoms with Gasteiger partial charge in [0.2, 0.25) is 0 Å². The van der Waals surface area contributed by atoms with Crippen molar-refractivity contribution < 1.29 is 4.74 Å². The van der Waals surface area contributed by atoms with Crippen molar-refractivity contribution in [3.05, 3.63) is 18.7 Å². The van der Waals surface area contributed by atoms with Crippen molar-refractivity contribution in [2.45, 2.75) is 32.9 Å². The molecule has 4 nitrogen and oxygen atoms in total. The average Bonchev–Trinajstić information content (AvgIpc) is 2.70. The molecule has 0 saturated carbocycles. The third-order valence-electron chi connectivity index (χ3n) is 2.13. The molecule has 1 unspecified atom stereocenters. The predicted octanol–water partition coefficient (Wildman–Crippen LogP) is 1.29. The van der Waals surface area contributed by atoms with Crippen molar-refractivity contribution in [2.75, 3.05) is 19.8 Å². The topological polar surface area (TPSA) is 39.1 Å². The zero-order valence-corrected chi connectivity index (χ0v) is 9.65. The van der Waals surface area contributed by atoms with Crippen molar-refractivity contribution >= 4 is 0 Å². The van der Waals surface area contributed by atoms with Gasteiger partial charge in [-0.05, 0) is 13.3 Å². The summed E-state index contributed by atoms with van der Waals surface area (Å²) < 4.78 is 7.46. The van der Waals surface area contributed by atoms with Crippen LogP contribution in [0, 0.1) is 0 Å². The van der Waals surface area contributed by atoms with Gasteiger partial charge >= 0.3 is 0 Å². The Kier molecular flexibility index (Phi) is 6.04. The summed E-state index contributed by atoms with van der Waals surface area (Å²) >= 11 is 0. The average molecular weight is 211 g/mol. The second-order valence-corrected chi connectivity index (χ2v) is 3.73. The maximum atomic E-state index is 5.39. The van der Waals surface area contributed by atoms with E-state index in [2.05, 4.69) is 28.7 Å². The summed E-state index contributed by atoms with van der Waals surface area (Å²) in [5.41, 5.74) is 0. The summed E-state index contributed by atoms with van der Waals surface area (Å²) in [7, 11) is 0. The molecule has 0 spiro atoms. The zero-order chi connectivity index (χ0) is 10.9. The molecule has 1 aromatic rings. The molecule has 0 amide bonds. The molecule has 15 heavy (non-hydrogen) atoms. The van der Waals surface area contributed by atoms with Gasteiger partial charge in [0.05, 0.1) is 12.9 Å². The number of hydrogen-bond acceptors (Lipinski definition) is 3. The van der Waals surface area contributed by atoms with Gasteiger partial charge in [0, 0.05) is 38.1 Å². The molecular weight excluding hydrogens is 190 g/mol. The van der Waals surface area contributed by atoms with Gasteiger partial charge in [-0.25, -0.2) is 4.98 Å². The molecule has 1 aromatic heterocycles. The third kappa shape index (κ3) is 5.54. The predicted molar refractivity (Wildman–Crippen MR) is 60.8 cm³/mol. The van der Waals surface area contributed by atoms with Gasteiger partial charge < -0.3 is 14.6 Å². The molecule has 86 valence electrons. The van der Waals surface area contributed by atoms with E-state index >= 15 is 0 Å². The molecule has 0 fully saturated rings. The second-order valence-electron chi connectivity index (χ2n) is 3.73. The molecule has 4 heteroatoms. The smallest absolute Gasteiger partial charge is 0.0946 e. The van der Waals surface area contributed by atoms with Crippen molar-refractivity contribution in [3.8, 4) is 0 Å². The highest BCUT2D eigenvalue weighted by atomic mass is 16.5. The summed E-state index contributed by atoms with van der Waals surface area (Å²) in [4.78, 5) is 4.01. The number of nitrogens with one attached hydrogen (secondary N) is 1. The van der Waals surface area contributed by atoms with Crippen molar-refractivity contribution in [3.63, 3.8) is 0 Å². The van der Waals surface area contributed by atoms with Crippen LogP contribution in [0.5, 0.6) is 0 Å². The van der Waals surface area contributed by atoms with Crippen LogP contribution in [-0.2, 0) is 11.3 Å². The van der Waals surface area contributed by atoms with Crippen LogP contribution in [-0.4, -0.2) is 35.4 Å². The minimum absolute atomic E-state index is 0.449. The van der Waals surface area contributed by atoms with Gasteiger partial charge in [0.15, 0.2) is 0 Å². The van der Waals surface area contributed by atoms with Crippen LogP contribution in [0.15, 0.2) is 18.7 Å². The fraction of sp³-hybridized carbons (Fsp3) is 0.727. The second kappa shape index (κ2) is 7.43. The largest absolute Gasteiger partial charge is 0.380 e. The van der Waals surface area contributed by atoms with E-state index in [1.807, 2.05) is 12.5 Å². The maximum Gasteiger partial charge on any atom is 0.0946 e. The van der Waals surface area contributed by atoms with Gasteiger partial charge in [0.1, 0.15) is 0 Å². The van der Waals surface area contributed by atoms with Gasteiger partial charge in [-0.15, -0.1) is 0 Å². The summed E-state index contributed by atoms with van der Waals surface area (Å²) in [5.74, 6) is 0. The van der Waals surface area contributed by atoms with E-state index in [-0.39, 0.29) is 0 Å². The number of ether oxygens (including phenoxy) is 1. The van der Waals surface area contributed by atoms with Crippen molar-refractivity contribution in [1.82, 2.24) is 14.9 Å². The highest BCUT2D eigenvalue weighted by molar-refractivity contribution is 4.76. The first-order chi connectivity index (χ1) is 7.33. The fourth-order valence-corrected chi connectivity index (χ4v) is 1.40. The number of rotatable bonds is 8. The van der Waals surface area contributed by atoms with E-state index in [0.717, 1.165) is 32.7 Å². The molecule has 0 aliphatic heterocycles. The number of imidazole rings is 1. The Hall–Kier alpha value is -0.870. The number of nitrogens with zero attached hydrogens (tertiary/aromatic N) is 2. The van der Waals surface area contributed by atoms with Crippen LogP contribution in [0.4, 0.5) is 0 Å². The first-order valence-electron chi connectivity index (χ1n) is 5.59. The lowest BCUT2D eigenvalue weighted by Crippen LogP contribution is -2.32. The Morgan fingerprint density at radius 1 is 1.47 bits per heavy atom. The summed E-state index contributed by atoms with van der Waals surface area (Å²) in [6.07, 6.45) is 6.71. The van der Waals surface area contributed by atoms with Gasteiger partial charge in [-0.2, -0.15) is 0 Å². The lowest BCUT2D eigenvalue weighted by Gasteiger charge is -2.14. The van der Waals surface area contributed by atoms with Gasteiger partial charge in [0.25, 0.3) is 0 Å². The Balaban J connectivity index is 2.01.